The van der Waals surface area contributed by atoms with Crippen LogP contribution < -0.4 is 0 Å². The molecule has 0 N–H and O–H groups in total. The van der Waals surface area contributed by atoms with E-state index in [1.54, 1.807) is 0 Å². The first-order valence-electron chi connectivity index (χ1n) is 4.78. The summed E-state index contributed by atoms with van der Waals surface area (Å²) in [5.74, 6) is 3.04. The number of hydrogen-bond donors (Lipinski definition) is 0. The van der Waals surface area contributed by atoms with E-state index in [1.165, 1.54) is 11.1 Å². The third kappa shape index (κ3) is 2.17. The number of fused-ring (bicyclic) bond motifs is 1. The molecule has 0 aliphatic carbocycles. The third-order valence-electron chi connectivity index (χ3n) is 2.58. The van der Waals surface area contributed by atoms with Gasteiger partial charge >= 0.3 is 0 Å². The summed E-state index contributed by atoms with van der Waals surface area (Å²) in [5.41, 5.74) is 2.95. The molecule has 0 atom stereocenters. The predicted octanol–water partition coefficient (Wildman–Crippen LogP) is 2.40. The Morgan fingerprint density at radius 1 is 1.29 bits per heavy atom. The quantitative estimate of drug-likeness (QED) is 0.692. The molecule has 1 nitrogen and oxygen atoms in total. The maximum absolute atomic E-state index is 3.12. The number of rotatable bonds is 1. The molecule has 0 spiro atoms. The van der Waals surface area contributed by atoms with Crippen molar-refractivity contribution < 1.29 is 0 Å². The fraction of sp³-hybridized carbons (Fsp3) is 0.333. The van der Waals surface area contributed by atoms with Crippen LogP contribution in [0.15, 0.2) is 24.3 Å². The van der Waals surface area contributed by atoms with Crippen LogP contribution in [-0.4, -0.2) is 18.0 Å². The molecular weight excluding hydrogens is 238 g/mol. The van der Waals surface area contributed by atoms with Crippen LogP contribution in [0.5, 0.6) is 0 Å². The average molecular weight is 250 g/mol. The maximum Gasteiger partial charge on any atom is 0.0613 e. The van der Waals surface area contributed by atoms with Crippen LogP contribution in [0.2, 0.25) is 0 Å². The van der Waals surface area contributed by atoms with Gasteiger partial charge in [-0.3, -0.25) is 4.90 Å². The van der Waals surface area contributed by atoms with Crippen molar-refractivity contribution in [1.82, 2.24) is 4.90 Å². The van der Waals surface area contributed by atoms with E-state index in [1.807, 2.05) is 0 Å². The van der Waals surface area contributed by atoms with Crippen LogP contribution in [0.1, 0.15) is 11.1 Å². The number of hydrogen-bond acceptors (Lipinski definition) is 1. The van der Waals surface area contributed by atoms with Crippen molar-refractivity contribution in [3.05, 3.63) is 35.4 Å². The van der Waals surface area contributed by atoms with Crippen LogP contribution in [0, 0.1) is 10.8 Å². The molecule has 0 fully saturated rings. The summed E-state index contributed by atoms with van der Waals surface area (Å²) in [6.07, 6.45) is 1.15. The van der Waals surface area contributed by atoms with Crippen molar-refractivity contribution >= 4 is 15.9 Å². The Kier molecular flexibility index (Phi) is 3.23. The zero-order valence-corrected chi connectivity index (χ0v) is 9.55. The van der Waals surface area contributed by atoms with E-state index < -0.39 is 0 Å². The second-order valence-corrected chi connectivity index (χ2v) is 3.90. The first-order chi connectivity index (χ1) is 6.90. The first-order valence-corrected chi connectivity index (χ1v) is 5.57. The first kappa shape index (κ1) is 9.76. The Hall–Kier alpha value is -0.780. The molecular formula is C12H12BrN. The van der Waals surface area contributed by atoms with E-state index in [2.05, 4.69) is 55.8 Å². The highest BCUT2D eigenvalue weighted by Crippen LogP contribution is 2.17. The third-order valence-corrected chi connectivity index (χ3v) is 2.86. The van der Waals surface area contributed by atoms with Crippen molar-refractivity contribution in [2.75, 3.05) is 13.1 Å². The standard InChI is InChI=1S/C12H12BrN/c13-7-3-8-14-9-6-11-4-1-2-5-12(11)10-14/h1-2,4-5H,6,8-10H2. The highest BCUT2D eigenvalue weighted by atomic mass is 79.9. The number of nitrogens with zero attached hydrogens (tertiary/aromatic N) is 1. The predicted molar refractivity (Wildman–Crippen MR) is 62.1 cm³/mol. The molecule has 2 rings (SSSR count). The molecule has 14 heavy (non-hydrogen) atoms. The van der Waals surface area contributed by atoms with E-state index in [0.29, 0.717) is 0 Å². The molecule has 0 amide bonds. The van der Waals surface area contributed by atoms with Crippen LogP contribution >= 0.6 is 15.9 Å². The van der Waals surface area contributed by atoms with E-state index in [-0.39, 0.29) is 0 Å². The van der Waals surface area contributed by atoms with Gasteiger partial charge in [0.2, 0.25) is 0 Å². The van der Waals surface area contributed by atoms with Gasteiger partial charge in [0.15, 0.2) is 0 Å². The Morgan fingerprint density at radius 2 is 2.07 bits per heavy atom. The van der Waals surface area contributed by atoms with E-state index in [9.17, 15) is 0 Å². The summed E-state index contributed by atoms with van der Waals surface area (Å²) >= 11 is 3.12. The van der Waals surface area contributed by atoms with Gasteiger partial charge in [0.05, 0.1) is 6.54 Å². The van der Waals surface area contributed by atoms with Gasteiger partial charge in [-0.05, 0) is 22.4 Å². The van der Waals surface area contributed by atoms with E-state index in [4.69, 9.17) is 0 Å². The molecule has 72 valence electrons. The summed E-state index contributed by atoms with van der Waals surface area (Å²) < 4.78 is 0. The van der Waals surface area contributed by atoms with Crippen molar-refractivity contribution in [2.45, 2.75) is 13.0 Å². The van der Waals surface area contributed by atoms with Crippen molar-refractivity contribution in [3.8, 4) is 10.8 Å². The summed E-state index contributed by atoms with van der Waals surface area (Å²) in [7, 11) is 0. The van der Waals surface area contributed by atoms with Crippen molar-refractivity contribution in [2.24, 2.45) is 0 Å². The molecule has 1 aromatic carbocycles. The monoisotopic (exact) mass is 249 g/mol. The Bertz CT molecular complexity index is 375. The summed E-state index contributed by atoms with van der Waals surface area (Å²) in [4.78, 5) is 5.13. The SMILES string of the molecule is BrC#CCN1CCc2ccccc2C1. The Balaban J connectivity index is 2.08. The normalized spacial score (nSPS) is 15.5. The van der Waals surface area contributed by atoms with Crippen LogP contribution in [-0.2, 0) is 13.0 Å². The van der Waals surface area contributed by atoms with Crippen LogP contribution in [0.4, 0.5) is 0 Å². The van der Waals surface area contributed by atoms with Gasteiger partial charge in [-0.15, -0.1) is 0 Å². The maximum atomic E-state index is 3.12. The van der Waals surface area contributed by atoms with Gasteiger partial charge in [-0.25, -0.2) is 0 Å². The lowest BCUT2D eigenvalue weighted by molar-refractivity contribution is 0.286. The number of halogens is 1. The van der Waals surface area contributed by atoms with Gasteiger partial charge < -0.3 is 0 Å². The minimum Gasteiger partial charge on any atom is -0.288 e. The van der Waals surface area contributed by atoms with Crippen LogP contribution in [0.25, 0.3) is 0 Å². The highest BCUT2D eigenvalue weighted by molar-refractivity contribution is 9.12. The largest absolute Gasteiger partial charge is 0.288 e. The zero-order valence-electron chi connectivity index (χ0n) is 7.96. The lowest BCUT2D eigenvalue weighted by atomic mass is 10.0. The van der Waals surface area contributed by atoms with Gasteiger partial charge in [-0.2, -0.15) is 0 Å². The molecule has 0 radical (unpaired) electrons. The zero-order chi connectivity index (χ0) is 9.80. The molecule has 0 saturated heterocycles. The molecule has 0 saturated carbocycles. The van der Waals surface area contributed by atoms with Gasteiger partial charge in [0.1, 0.15) is 0 Å². The second kappa shape index (κ2) is 4.63. The van der Waals surface area contributed by atoms with Gasteiger partial charge in [-0.1, -0.05) is 30.2 Å². The Morgan fingerprint density at radius 3 is 2.86 bits per heavy atom. The summed E-state index contributed by atoms with van der Waals surface area (Å²) in [5, 5.41) is 0. The molecule has 1 heterocycles. The van der Waals surface area contributed by atoms with E-state index >= 15 is 0 Å². The van der Waals surface area contributed by atoms with Crippen LogP contribution in [0.3, 0.4) is 0 Å². The lowest BCUT2D eigenvalue weighted by Crippen LogP contribution is -2.30. The molecule has 0 aromatic heterocycles. The topological polar surface area (TPSA) is 3.24 Å². The van der Waals surface area contributed by atoms with E-state index in [0.717, 1.165) is 26.1 Å². The Labute approximate surface area is 93.2 Å². The van der Waals surface area contributed by atoms with Gasteiger partial charge in [0, 0.05) is 29.0 Å². The molecule has 1 aliphatic heterocycles. The molecule has 1 aromatic rings. The van der Waals surface area contributed by atoms with Gasteiger partial charge in [0.25, 0.3) is 0 Å². The summed E-state index contributed by atoms with van der Waals surface area (Å²) in [6.45, 7) is 3.02. The lowest BCUT2D eigenvalue weighted by Gasteiger charge is -2.26. The molecule has 0 bridgehead atoms. The minimum atomic E-state index is 0.861. The fourth-order valence-corrected chi connectivity index (χ4v) is 1.96. The van der Waals surface area contributed by atoms with Crippen molar-refractivity contribution in [3.63, 3.8) is 0 Å². The summed E-state index contributed by atoms with van der Waals surface area (Å²) in [6, 6.07) is 8.66. The molecule has 0 unspecified atom stereocenters. The minimum absolute atomic E-state index is 0.861. The fourth-order valence-electron chi connectivity index (χ4n) is 1.83. The second-order valence-electron chi connectivity index (χ2n) is 3.50. The smallest absolute Gasteiger partial charge is 0.0613 e. The van der Waals surface area contributed by atoms with Crippen molar-refractivity contribution in [1.29, 1.82) is 0 Å². The average Bonchev–Trinajstić information content (AvgIpc) is 2.26. The number of benzene rings is 1. The highest BCUT2D eigenvalue weighted by Gasteiger charge is 2.13. The molecule has 1 aliphatic rings. The molecule has 2 heteroatoms.